The zero-order chi connectivity index (χ0) is 20.4. The maximum Gasteiger partial charge on any atom is 0.255 e. The molecule has 2 aromatic heterocycles. The maximum absolute atomic E-state index is 13.0. The number of imidazole rings is 1. The van der Waals surface area contributed by atoms with E-state index in [1.54, 1.807) is 30.0 Å². The third-order valence-electron chi connectivity index (χ3n) is 5.29. The second kappa shape index (κ2) is 7.96. The van der Waals surface area contributed by atoms with Gasteiger partial charge in [0.25, 0.3) is 5.91 Å². The fourth-order valence-electron chi connectivity index (χ4n) is 3.64. The topological polar surface area (TPSA) is 75.0 Å². The molecule has 3 heterocycles. The number of pyridine rings is 1. The molecule has 7 nitrogen and oxygen atoms in total. The molecule has 0 N–H and O–H groups in total. The van der Waals surface area contributed by atoms with Crippen LogP contribution in [0.1, 0.15) is 23.0 Å². The largest absolute Gasteiger partial charge is 0.336 e. The number of rotatable bonds is 5. The summed E-state index contributed by atoms with van der Waals surface area (Å²) in [5.74, 6) is -0.241. The number of piperazine rings is 1. The van der Waals surface area contributed by atoms with E-state index in [1.165, 1.54) is 6.07 Å². The number of hydrogen-bond acceptors (Lipinski definition) is 5. The van der Waals surface area contributed by atoms with Crippen LogP contribution in [0.5, 0.6) is 0 Å². The van der Waals surface area contributed by atoms with Crippen molar-refractivity contribution in [3.05, 3.63) is 66.1 Å². The van der Waals surface area contributed by atoms with E-state index in [0.29, 0.717) is 13.1 Å². The van der Waals surface area contributed by atoms with Gasteiger partial charge < -0.3 is 9.30 Å². The van der Waals surface area contributed by atoms with Gasteiger partial charge in [0.1, 0.15) is 5.65 Å². The first kappa shape index (κ1) is 19.6. The van der Waals surface area contributed by atoms with Crippen LogP contribution in [-0.4, -0.2) is 65.4 Å². The van der Waals surface area contributed by atoms with E-state index >= 15 is 0 Å². The predicted octanol–water partition coefficient (Wildman–Crippen LogP) is 2.09. The van der Waals surface area contributed by atoms with E-state index in [1.807, 2.05) is 35.0 Å². The first-order valence-electron chi connectivity index (χ1n) is 9.74. The standard InChI is InChI=1S/C21H24N4O3S/c1-2-29(27,28)19-8-4-3-7-18(19)21(26)24-13-11-23(12-14-24)15-17-16-25-10-6-5-9-20(25)22-17/h3-10,16H,2,11-15H2,1H3. The summed E-state index contributed by atoms with van der Waals surface area (Å²) < 4.78 is 26.7. The molecule has 29 heavy (non-hydrogen) atoms. The van der Waals surface area contributed by atoms with Crippen LogP contribution in [0.15, 0.2) is 59.8 Å². The molecule has 0 saturated carbocycles. The van der Waals surface area contributed by atoms with Crippen molar-refractivity contribution in [3.8, 4) is 0 Å². The third-order valence-corrected chi connectivity index (χ3v) is 7.08. The lowest BCUT2D eigenvalue weighted by atomic mass is 10.1. The summed E-state index contributed by atoms with van der Waals surface area (Å²) in [4.78, 5) is 21.8. The van der Waals surface area contributed by atoms with Crippen LogP contribution >= 0.6 is 0 Å². The van der Waals surface area contributed by atoms with E-state index in [4.69, 9.17) is 0 Å². The Kier molecular flexibility index (Phi) is 5.38. The molecule has 1 saturated heterocycles. The van der Waals surface area contributed by atoms with Crippen LogP contribution in [0.25, 0.3) is 5.65 Å². The number of hydrogen-bond donors (Lipinski definition) is 0. The first-order chi connectivity index (χ1) is 14.0. The van der Waals surface area contributed by atoms with Gasteiger partial charge in [-0.15, -0.1) is 0 Å². The van der Waals surface area contributed by atoms with Crippen molar-refractivity contribution in [2.45, 2.75) is 18.4 Å². The van der Waals surface area contributed by atoms with Crippen LogP contribution in [0, 0.1) is 0 Å². The highest BCUT2D eigenvalue weighted by Crippen LogP contribution is 2.20. The Hall–Kier alpha value is -2.71. The molecule has 0 radical (unpaired) electrons. The number of amides is 1. The molecule has 8 heteroatoms. The fraction of sp³-hybridized carbons (Fsp3) is 0.333. The SMILES string of the molecule is CCS(=O)(=O)c1ccccc1C(=O)N1CCN(Cc2cn3ccccc3n2)CC1. The van der Waals surface area contributed by atoms with Crippen molar-refractivity contribution in [1.82, 2.24) is 19.2 Å². The molecule has 0 bridgehead atoms. The third kappa shape index (κ3) is 4.04. The smallest absolute Gasteiger partial charge is 0.255 e. The molecule has 1 amide bonds. The van der Waals surface area contributed by atoms with E-state index in [2.05, 4.69) is 9.88 Å². The van der Waals surface area contributed by atoms with Crippen LogP contribution in [0.3, 0.4) is 0 Å². The van der Waals surface area contributed by atoms with Crippen molar-refractivity contribution in [2.24, 2.45) is 0 Å². The van der Waals surface area contributed by atoms with Gasteiger partial charge in [0.15, 0.2) is 9.84 Å². The summed E-state index contributed by atoms with van der Waals surface area (Å²) in [5.41, 5.74) is 2.18. The number of aromatic nitrogens is 2. The average Bonchev–Trinajstić information content (AvgIpc) is 3.16. The van der Waals surface area contributed by atoms with Gasteiger partial charge in [0.2, 0.25) is 0 Å². The molecule has 0 unspecified atom stereocenters. The Balaban J connectivity index is 1.43. The quantitative estimate of drug-likeness (QED) is 0.641. The number of carbonyl (C=O) groups is 1. The van der Waals surface area contributed by atoms with E-state index < -0.39 is 9.84 Å². The summed E-state index contributed by atoms with van der Waals surface area (Å²) in [7, 11) is -3.45. The molecule has 1 aliphatic rings. The van der Waals surface area contributed by atoms with E-state index in [0.717, 1.165) is 31.0 Å². The normalized spacial score (nSPS) is 15.7. The highest BCUT2D eigenvalue weighted by molar-refractivity contribution is 7.91. The summed E-state index contributed by atoms with van der Waals surface area (Å²) in [6.07, 6.45) is 4.00. The lowest BCUT2D eigenvalue weighted by molar-refractivity contribution is 0.0623. The second-order valence-corrected chi connectivity index (χ2v) is 9.41. The van der Waals surface area contributed by atoms with Gasteiger partial charge in [-0.05, 0) is 24.3 Å². The Morgan fingerprint density at radius 3 is 2.48 bits per heavy atom. The highest BCUT2D eigenvalue weighted by atomic mass is 32.2. The van der Waals surface area contributed by atoms with Crippen molar-refractivity contribution in [3.63, 3.8) is 0 Å². The van der Waals surface area contributed by atoms with Gasteiger partial charge in [0.05, 0.1) is 21.9 Å². The molecular weight excluding hydrogens is 388 g/mol. The van der Waals surface area contributed by atoms with E-state index in [-0.39, 0.29) is 22.1 Å². The fourth-order valence-corrected chi connectivity index (χ4v) is 4.73. The Morgan fingerprint density at radius 2 is 1.76 bits per heavy atom. The zero-order valence-electron chi connectivity index (χ0n) is 16.4. The van der Waals surface area contributed by atoms with Gasteiger partial charge >= 0.3 is 0 Å². The van der Waals surface area contributed by atoms with Gasteiger partial charge in [-0.25, -0.2) is 13.4 Å². The van der Waals surface area contributed by atoms with Crippen molar-refractivity contribution >= 4 is 21.4 Å². The van der Waals surface area contributed by atoms with Gasteiger partial charge in [-0.3, -0.25) is 9.69 Å². The lowest BCUT2D eigenvalue weighted by Gasteiger charge is -2.34. The Morgan fingerprint density at radius 1 is 1.03 bits per heavy atom. The average molecular weight is 413 g/mol. The van der Waals surface area contributed by atoms with Crippen LogP contribution < -0.4 is 0 Å². The molecular formula is C21H24N4O3S. The molecule has 1 aromatic carbocycles. The molecule has 4 rings (SSSR count). The van der Waals surface area contributed by atoms with Crippen LogP contribution in [0.4, 0.5) is 0 Å². The minimum Gasteiger partial charge on any atom is -0.336 e. The molecule has 1 aliphatic heterocycles. The number of fused-ring (bicyclic) bond motifs is 1. The van der Waals surface area contributed by atoms with Gasteiger partial charge in [-0.2, -0.15) is 0 Å². The molecule has 1 fully saturated rings. The Labute approximate surface area is 170 Å². The van der Waals surface area contributed by atoms with Gasteiger partial charge in [0, 0.05) is 45.1 Å². The number of benzene rings is 1. The number of carbonyl (C=O) groups excluding carboxylic acids is 1. The summed E-state index contributed by atoms with van der Waals surface area (Å²) >= 11 is 0. The zero-order valence-corrected chi connectivity index (χ0v) is 17.2. The maximum atomic E-state index is 13.0. The molecule has 3 aromatic rings. The predicted molar refractivity (Wildman–Crippen MR) is 111 cm³/mol. The van der Waals surface area contributed by atoms with Crippen LogP contribution in [0.2, 0.25) is 0 Å². The summed E-state index contributed by atoms with van der Waals surface area (Å²) in [5, 5.41) is 0. The van der Waals surface area contributed by atoms with Crippen molar-refractivity contribution < 1.29 is 13.2 Å². The molecule has 0 spiro atoms. The first-order valence-corrected chi connectivity index (χ1v) is 11.4. The Bertz CT molecular complexity index is 1100. The number of sulfone groups is 1. The monoisotopic (exact) mass is 412 g/mol. The summed E-state index contributed by atoms with van der Waals surface area (Å²) in [6, 6.07) is 12.4. The van der Waals surface area contributed by atoms with E-state index in [9.17, 15) is 13.2 Å². The van der Waals surface area contributed by atoms with Crippen LogP contribution in [-0.2, 0) is 16.4 Å². The lowest BCUT2D eigenvalue weighted by Crippen LogP contribution is -2.48. The highest BCUT2D eigenvalue weighted by Gasteiger charge is 2.27. The molecule has 152 valence electrons. The molecule has 0 atom stereocenters. The minimum absolute atomic E-state index is 0.0237. The second-order valence-electron chi connectivity index (χ2n) is 7.17. The number of nitrogens with zero attached hydrogens (tertiary/aromatic N) is 4. The summed E-state index contributed by atoms with van der Waals surface area (Å²) in [6.45, 7) is 4.89. The molecule has 0 aliphatic carbocycles. The van der Waals surface area contributed by atoms with Crippen molar-refractivity contribution in [1.29, 1.82) is 0 Å². The van der Waals surface area contributed by atoms with Crippen molar-refractivity contribution in [2.75, 3.05) is 31.9 Å². The van der Waals surface area contributed by atoms with Gasteiger partial charge in [-0.1, -0.05) is 25.1 Å². The minimum atomic E-state index is -3.45.